The summed E-state index contributed by atoms with van der Waals surface area (Å²) in [6, 6.07) is 5.31. The van der Waals surface area contributed by atoms with Gasteiger partial charge in [0, 0.05) is 44.0 Å². The number of Topliss-reactive ketones (excluding diaryl/α,β-unsaturated/α-hetero) is 1. The minimum absolute atomic E-state index is 0.0590. The third kappa shape index (κ3) is 5.48. The molecule has 8 nitrogen and oxygen atoms in total. The van der Waals surface area contributed by atoms with Crippen LogP contribution in [0.5, 0.6) is 0 Å². The van der Waals surface area contributed by atoms with Gasteiger partial charge < -0.3 is 24.8 Å². The van der Waals surface area contributed by atoms with Crippen LogP contribution in [0.2, 0.25) is 0 Å². The summed E-state index contributed by atoms with van der Waals surface area (Å²) in [5, 5.41) is 2.79. The quantitative estimate of drug-likeness (QED) is 0.624. The molecule has 0 aliphatic carbocycles. The van der Waals surface area contributed by atoms with Crippen LogP contribution in [0.4, 0.5) is 14.5 Å². The number of nitrogens with one attached hydrogen (secondary N) is 1. The fourth-order valence-electron chi connectivity index (χ4n) is 5.16. The minimum Gasteiger partial charge on any atom is -0.369 e. The molecular formula is C25H34F2N4O4. The molecule has 0 bridgehead atoms. The molecule has 3 aliphatic heterocycles. The third-order valence-corrected chi connectivity index (χ3v) is 7.14. The number of fused-ring (bicyclic) bond motifs is 1. The van der Waals surface area contributed by atoms with Crippen LogP contribution in [0.1, 0.15) is 30.6 Å². The summed E-state index contributed by atoms with van der Waals surface area (Å²) >= 11 is 0. The first-order valence-corrected chi connectivity index (χ1v) is 12.2. The molecule has 3 heterocycles. The zero-order valence-electron chi connectivity index (χ0n) is 20.5. The van der Waals surface area contributed by atoms with Crippen LogP contribution in [0.25, 0.3) is 0 Å². The van der Waals surface area contributed by atoms with E-state index in [9.17, 15) is 23.2 Å². The van der Waals surface area contributed by atoms with Gasteiger partial charge in [-0.05, 0) is 43.7 Å². The molecule has 0 radical (unpaired) electrons. The maximum atomic E-state index is 13.6. The van der Waals surface area contributed by atoms with Crippen molar-refractivity contribution in [1.82, 2.24) is 15.1 Å². The average molecular weight is 493 g/mol. The molecule has 1 aromatic rings. The maximum Gasteiger partial charge on any atom is 0.251 e. The van der Waals surface area contributed by atoms with Crippen LogP contribution in [-0.4, -0.2) is 98.4 Å². The zero-order chi connectivity index (χ0) is 25.3. The second-order valence-corrected chi connectivity index (χ2v) is 10.2. The van der Waals surface area contributed by atoms with Gasteiger partial charge in [0.15, 0.2) is 5.78 Å². The van der Waals surface area contributed by atoms with Crippen molar-refractivity contribution in [3.05, 3.63) is 29.8 Å². The maximum absolute atomic E-state index is 13.6. The number of hydrogen-bond donors (Lipinski definition) is 1. The van der Waals surface area contributed by atoms with Crippen LogP contribution in [0.3, 0.4) is 0 Å². The molecule has 1 aromatic carbocycles. The Bertz CT molecular complexity index is 934. The predicted molar refractivity (Wildman–Crippen MR) is 127 cm³/mol. The van der Waals surface area contributed by atoms with Crippen molar-refractivity contribution >= 4 is 23.3 Å². The van der Waals surface area contributed by atoms with Crippen LogP contribution in [-0.2, 0) is 14.3 Å². The number of halogens is 2. The van der Waals surface area contributed by atoms with Gasteiger partial charge in [0.1, 0.15) is 18.7 Å². The SMILES string of the molecule is CC(C)C[C@H](NC(=O)c1ccc(N2CCN(C)CC2)cc1)C(=O)N1C[C@@H](C(F)F)[C@H]2OCC(=O)[C@H]21. The number of anilines is 1. The van der Waals surface area contributed by atoms with E-state index in [-0.39, 0.29) is 24.9 Å². The fraction of sp³-hybridized carbons (Fsp3) is 0.640. The number of alkyl halides is 2. The number of benzene rings is 1. The second-order valence-electron chi connectivity index (χ2n) is 10.2. The van der Waals surface area contributed by atoms with Gasteiger partial charge in [-0.2, -0.15) is 0 Å². The number of nitrogens with zero attached hydrogens (tertiary/aromatic N) is 3. The first-order chi connectivity index (χ1) is 16.7. The van der Waals surface area contributed by atoms with Crippen molar-refractivity contribution in [1.29, 1.82) is 0 Å². The summed E-state index contributed by atoms with van der Waals surface area (Å²) in [5.74, 6) is -2.46. The van der Waals surface area contributed by atoms with Crippen LogP contribution in [0.15, 0.2) is 24.3 Å². The Kier molecular flexibility index (Phi) is 7.70. The molecule has 3 fully saturated rings. The molecule has 10 heteroatoms. The molecule has 0 unspecified atom stereocenters. The van der Waals surface area contributed by atoms with Crippen molar-refractivity contribution in [2.24, 2.45) is 11.8 Å². The van der Waals surface area contributed by atoms with E-state index >= 15 is 0 Å². The van der Waals surface area contributed by atoms with Gasteiger partial charge in [0.25, 0.3) is 5.91 Å². The summed E-state index contributed by atoms with van der Waals surface area (Å²) < 4.78 is 32.4. The van der Waals surface area contributed by atoms with E-state index in [0.29, 0.717) is 12.0 Å². The van der Waals surface area contributed by atoms with E-state index in [1.54, 1.807) is 12.1 Å². The number of carbonyl (C=O) groups excluding carboxylic acids is 3. The Morgan fingerprint density at radius 1 is 1.11 bits per heavy atom. The molecular weight excluding hydrogens is 458 g/mol. The smallest absolute Gasteiger partial charge is 0.251 e. The molecule has 2 amide bonds. The molecule has 0 aromatic heterocycles. The number of amides is 2. The molecule has 192 valence electrons. The van der Waals surface area contributed by atoms with Crippen molar-refractivity contribution in [2.45, 2.75) is 44.9 Å². The number of hydrogen-bond acceptors (Lipinski definition) is 6. The second kappa shape index (κ2) is 10.6. The highest BCUT2D eigenvalue weighted by Crippen LogP contribution is 2.35. The lowest BCUT2D eigenvalue weighted by atomic mass is 10.0. The minimum atomic E-state index is -2.71. The van der Waals surface area contributed by atoms with Crippen LogP contribution in [0, 0.1) is 11.8 Å². The lowest BCUT2D eigenvalue weighted by Gasteiger charge is -2.34. The number of piperazine rings is 1. The molecule has 3 aliphatic rings. The van der Waals surface area contributed by atoms with Gasteiger partial charge in [-0.1, -0.05) is 13.8 Å². The van der Waals surface area contributed by atoms with Crippen molar-refractivity contribution < 1.29 is 27.9 Å². The van der Waals surface area contributed by atoms with Crippen LogP contribution < -0.4 is 10.2 Å². The normalized spacial score (nSPS) is 25.9. The molecule has 4 atom stereocenters. The Labute approximate surface area is 204 Å². The van der Waals surface area contributed by atoms with E-state index in [1.165, 1.54) is 4.90 Å². The first-order valence-electron chi connectivity index (χ1n) is 12.2. The summed E-state index contributed by atoms with van der Waals surface area (Å²) in [5.41, 5.74) is 1.44. The lowest BCUT2D eigenvalue weighted by Crippen LogP contribution is -2.52. The Balaban J connectivity index is 1.46. The fourth-order valence-corrected chi connectivity index (χ4v) is 5.16. The summed E-state index contributed by atoms with van der Waals surface area (Å²) in [7, 11) is 2.09. The summed E-state index contributed by atoms with van der Waals surface area (Å²) in [6.07, 6.45) is -3.38. The molecule has 0 saturated carbocycles. The topological polar surface area (TPSA) is 82.2 Å². The number of carbonyl (C=O) groups is 3. The van der Waals surface area contributed by atoms with Gasteiger partial charge in [-0.3, -0.25) is 14.4 Å². The number of ether oxygens (including phenoxy) is 1. The molecule has 35 heavy (non-hydrogen) atoms. The highest BCUT2D eigenvalue weighted by molar-refractivity contribution is 5.99. The van der Waals surface area contributed by atoms with E-state index in [1.807, 2.05) is 26.0 Å². The molecule has 4 rings (SSSR count). The molecule has 3 saturated heterocycles. The highest BCUT2D eigenvalue weighted by atomic mass is 19.3. The number of rotatable bonds is 7. The predicted octanol–water partition coefficient (Wildman–Crippen LogP) is 1.64. The Hall–Kier alpha value is -2.59. The summed E-state index contributed by atoms with van der Waals surface area (Å²) in [6.45, 7) is 7.05. The molecule has 0 spiro atoms. The Morgan fingerprint density at radius 2 is 1.77 bits per heavy atom. The Morgan fingerprint density at radius 3 is 2.37 bits per heavy atom. The lowest BCUT2D eigenvalue weighted by molar-refractivity contribution is -0.138. The van der Waals surface area contributed by atoms with Gasteiger partial charge in [0.2, 0.25) is 12.3 Å². The van der Waals surface area contributed by atoms with E-state index < -0.39 is 42.3 Å². The van der Waals surface area contributed by atoms with E-state index in [0.717, 1.165) is 31.9 Å². The summed E-state index contributed by atoms with van der Waals surface area (Å²) in [4.78, 5) is 44.5. The number of ketones is 1. The molecule has 1 N–H and O–H groups in total. The van der Waals surface area contributed by atoms with Crippen molar-refractivity contribution in [3.8, 4) is 0 Å². The van der Waals surface area contributed by atoms with Crippen LogP contribution >= 0.6 is 0 Å². The number of likely N-dealkylation sites (tertiary alicyclic amines) is 1. The van der Waals surface area contributed by atoms with Crippen molar-refractivity contribution in [3.63, 3.8) is 0 Å². The van der Waals surface area contributed by atoms with Gasteiger partial charge in [-0.15, -0.1) is 0 Å². The highest BCUT2D eigenvalue weighted by Gasteiger charge is 2.55. The van der Waals surface area contributed by atoms with Gasteiger partial charge in [-0.25, -0.2) is 8.78 Å². The van der Waals surface area contributed by atoms with Crippen molar-refractivity contribution in [2.75, 3.05) is 51.3 Å². The monoisotopic (exact) mass is 492 g/mol. The standard InChI is InChI=1S/C25H34F2N4O4/c1-15(2)12-19(25(34)31-13-18(23(26)27)22-21(31)20(32)14-35-22)28-24(33)16-4-6-17(7-5-16)30-10-8-29(3)9-11-30/h4-7,15,18-19,21-23H,8-14H2,1-3H3,(H,28,33)/t18-,19+,21-,22-/m1/s1. The largest absolute Gasteiger partial charge is 0.369 e. The zero-order valence-corrected chi connectivity index (χ0v) is 20.5. The first kappa shape index (κ1) is 25.5. The third-order valence-electron chi connectivity index (χ3n) is 7.14. The van der Waals surface area contributed by atoms with Gasteiger partial charge >= 0.3 is 0 Å². The van der Waals surface area contributed by atoms with Gasteiger partial charge in [0.05, 0.1) is 12.0 Å². The van der Waals surface area contributed by atoms with E-state index in [2.05, 4.69) is 22.2 Å². The number of likely N-dealkylation sites (N-methyl/N-ethyl adjacent to an activating group) is 1. The average Bonchev–Trinajstić information content (AvgIpc) is 3.39. The van der Waals surface area contributed by atoms with E-state index in [4.69, 9.17) is 4.74 Å².